The van der Waals surface area contributed by atoms with E-state index in [0.29, 0.717) is 16.9 Å². The van der Waals surface area contributed by atoms with Gasteiger partial charge in [0.2, 0.25) is 5.95 Å². The highest BCUT2D eigenvalue weighted by atomic mass is 16.1. The van der Waals surface area contributed by atoms with Crippen LogP contribution in [0.5, 0.6) is 0 Å². The smallest absolute Gasteiger partial charge is 0.260 e. The Balaban J connectivity index is 1.10. The number of anilines is 2. The van der Waals surface area contributed by atoms with Gasteiger partial charge in [0.1, 0.15) is 5.82 Å². The van der Waals surface area contributed by atoms with Crippen molar-refractivity contribution in [2.75, 3.05) is 49.5 Å². The van der Waals surface area contributed by atoms with E-state index in [1.165, 1.54) is 5.39 Å². The van der Waals surface area contributed by atoms with Gasteiger partial charge in [-0.3, -0.25) is 14.7 Å². The van der Waals surface area contributed by atoms with Crippen molar-refractivity contribution in [1.29, 1.82) is 0 Å². The Labute approximate surface area is 180 Å². The summed E-state index contributed by atoms with van der Waals surface area (Å²) in [4.78, 5) is 29.1. The van der Waals surface area contributed by atoms with Gasteiger partial charge in [-0.15, -0.1) is 0 Å². The minimum atomic E-state index is -0.105. The van der Waals surface area contributed by atoms with Crippen LogP contribution in [0.3, 0.4) is 0 Å². The van der Waals surface area contributed by atoms with Gasteiger partial charge in [-0.05, 0) is 43.3 Å². The average molecular weight is 415 g/mol. The summed E-state index contributed by atoms with van der Waals surface area (Å²) in [7, 11) is 0. The molecule has 4 aromatic rings. The quantitative estimate of drug-likeness (QED) is 0.472. The molecule has 7 nitrogen and oxygen atoms in total. The van der Waals surface area contributed by atoms with Crippen LogP contribution in [0.2, 0.25) is 0 Å². The van der Waals surface area contributed by atoms with Crippen molar-refractivity contribution in [3.05, 3.63) is 71.0 Å². The van der Waals surface area contributed by atoms with Gasteiger partial charge in [-0.25, -0.2) is 9.97 Å². The summed E-state index contributed by atoms with van der Waals surface area (Å²) in [5, 5.41) is 5.05. The van der Waals surface area contributed by atoms with Crippen LogP contribution in [0, 0.1) is 0 Å². The predicted octanol–water partition coefficient (Wildman–Crippen LogP) is 3.10. The van der Waals surface area contributed by atoms with Crippen LogP contribution in [0.15, 0.2) is 65.5 Å². The second-order valence-corrected chi connectivity index (χ2v) is 7.90. The van der Waals surface area contributed by atoms with Crippen molar-refractivity contribution in [3.8, 4) is 0 Å². The zero-order valence-electron chi connectivity index (χ0n) is 17.4. The van der Waals surface area contributed by atoms with Crippen molar-refractivity contribution >= 4 is 33.6 Å². The van der Waals surface area contributed by atoms with Gasteiger partial charge in [0.15, 0.2) is 0 Å². The molecule has 1 fully saturated rings. The van der Waals surface area contributed by atoms with Gasteiger partial charge >= 0.3 is 0 Å². The first kappa shape index (κ1) is 19.5. The molecule has 0 bridgehead atoms. The molecular weight excluding hydrogens is 388 g/mol. The molecule has 2 aromatic heterocycles. The summed E-state index contributed by atoms with van der Waals surface area (Å²) < 4.78 is 0. The van der Waals surface area contributed by atoms with Crippen molar-refractivity contribution in [2.45, 2.75) is 6.42 Å². The van der Waals surface area contributed by atoms with Crippen molar-refractivity contribution in [1.82, 2.24) is 19.9 Å². The number of pyridine rings is 1. The third-order valence-corrected chi connectivity index (χ3v) is 5.84. The van der Waals surface area contributed by atoms with Crippen LogP contribution >= 0.6 is 0 Å². The number of piperazine rings is 1. The fraction of sp³-hybridized carbons (Fsp3) is 0.292. The Morgan fingerprint density at radius 1 is 0.871 bits per heavy atom. The zero-order valence-corrected chi connectivity index (χ0v) is 17.4. The van der Waals surface area contributed by atoms with Crippen LogP contribution in [-0.2, 0) is 0 Å². The summed E-state index contributed by atoms with van der Waals surface area (Å²) in [6.45, 7) is 5.81. The van der Waals surface area contributed by atoms with E-state index < -0.39 is 0 Å². The number of aromatic amines is 1. The Hall–Kier alpha value is -3.45. The maximum absolute atomic E-state index is 12.1. The molecule has 158 valence electrons. The number of rotatable bonds is 6. The lowest BCUT2D eigenvalue weighted by atomic mass is 10.2. The summed E-state index contributed by atoms with van der Waals surface area (Å²) in [6, 6.07) is 19.9. The highest BCUT2D eigenvalue weighted by Crippen LogP contribution is 2.19. The molecule has 2 aromatic carbocycles. The molecule has 0 unspecified atom stereocenters. The fourth-order valence-electron chi connectivity index (χ4n) is 4.11. The summed E-state index contributed by atoms with van der Waals surface area (Å²) in [5.74, 6) is 1.60. The van der Waals surface area contributed by atoms with Crippen LogP contribution in [0.25, 0.3) is 21.8 Å². The average Bonchev–Trinajstić information content (AvgIpc) is 2.82. The molecule has 1 aliphatic rings. The summed E-state index contributed by atoms with van der Waals surface area (Å²) in [6.07, 6.45) is 0.991. The molecule has 0 aliphatic carbocycles. The second kappa shape index (κ2) is 8.73. The van der Waals surface area contributed by atoms with Crippen molar-refractivity contribution < 1.29 is 0 Å². The van der Waals surface area contributed by atoms with E-state index >= 15 is 0 Å². The largest absolute Gasteiger partial charge is 0.356 e. The Morgan fingerprint density at radius 3 is 2.52 bits per heavy atom. The van der Waals surface area contributed by atoms with E-state index in [4.69, 9.17) is 4.98 Å². The lowest BCUT2D eigenvalue weighted by molar-refractivity contribution is 0.256. The normalized spacial score (nSPS) is 14.9. The molecule has 0 radical (unpaired) electrons. The van der Waals surface area contributed by atoms with E-state index in [1.54, 1.807) is 6.07 Å². The third kappa shape index (κ3) is 4.36. The molecule has 0 atom stereocenters. The Morgan fingerprint density at radius 2 is 1.65 bits per heavy atom. The molecular formula is C24H26N6O. The van der Waals surface area contributed by atoms with E-state index in [1.807, 2.05) is 30.3 Å². The molecule has 7 heteroatoms. The lowest BCUT2D eigenvalue weighted by Gasteiger charge is -2.35. The van der Waals surface area contributed by atoms with E-state index in [-0.39, 0.29) is 5.56 Å². The molecule has 31 heavy (non-hydrogen) atoms. The standard InChI is InChI=1S/C24H26N6O/c31-23-19-7-2-4-9-21(19)27-24(28-23)25-12-5-13-29-14-16-30(17-15-29)22-11-10-18-6-1-3-8-20(18)26-22/h1-4,6-11H,5,12-17H2,(H2,25,27,28,31). The van der Waals surface area contributed by atoms with Crippen LogP contribution < -0.4 is 15.8 Å². The monoisotopic (exact) mass is 414 g/mol. The maximum Gasteiger partial charge on any atom is 0.260 e. The van der Waals surface area contributed by atoms with E-state index in [2.05, 4.69) is 49.4 Å². The number of nitrogens with one attached hydrogen (secondary N) is 2. The first-order chi connectivity index (χ1) is 15.3. The van der Waals surface area contributed by atoms with Gasteiger partial charge in [0.05, 0.1) is 16.4 Å². The first-order valence-corrected chi connectivity index (χ1v) is 10.8. The molecule has 3 heterocycles. The van der Waals surface area contributed by atoms with Gasteiger partial charge in [-0.1, -0.05) is 30.3 Å². The molecule has 1 saturated heterocycles. The van der Waals surface area contributed by atoms with Crippen molar-refractivity contribution in [2.24, 2.45) is 0 Å². The van der Waals surface area contributed by atoms with Crippen molar-refractivity contribution in [3.63, 3.8) is 0 Å². The number of hydrogen-bond donors (Lipinski definition) is 2. The topological polar surface area (TPSA) is 77.2 Å². The SMILES string of the molecule is O=c1[nH]c(NCCCN2CCN(c3ccc4ccccc4n3)CC2)nc2ccccc12. The fourth-order valence-corrected chi connectivity index (χ4v) is 4.11. The Kier molecular flexibility index (Phi) is 5.50. The Bertz CT molecular complexity index is 1250. The molecule has 0 spiro atoms. The number of nitrogens with zero attached hydrogens (tertiary/aromatic N) is 4. The minimum absolute atomic E-state index is 0.105. The summed E-state index contributed by atoms with van der Waals surface area (Å²) >= 11 is 0. The molecule has 2 N–H and O–H groups in total. The molecule has 1 aliphatic heterocycles. The van der Waals surface area contributed by atoms with E-state index in [9.17, 15) is 4.79 Å². The third-order valence-electron chi connectivity index (χ3n) is 5.84. The van der Waals surface area contributed by atoms with Gasteiger partial charge in [0, 0.05) is 38.1 Å². The number of para-hydroxylation sites is 2. The summed E-state index contributed by atoms with van der Waals surface area (Å²) in [5.41, 5.74) is 1.66. The predicted molar refractivity (Wildman–Crippen MR) is 126 cm³/mol. The number of fused-ring (bicyclic) bond motifs is 2. The zero-order chi connectivity index (χ0) is 21.0. The van der Waals surface area contributed by atoms with Crippen LogP contribution in [0.1, 0.15) is 6.42 Å². The highest BCUT2D eigenvalue weighted by molar-refractivity contribution is 5.80. The first-order valence-electron chi connectivity index (χ1n) is 10.8. The molecule has 0 saturated carbocycles. The number of benzene rings is 2. The lowest BCUT2D eigenvalue weighted by Crippen LogP contribution is -2.47. The van der Waals surface area contributed by atoms with Crippen LogP contribution in [-0.4, -0.2) is 59.1 Å². The second-order valence-electron chi connectivity index (χ2n) is 7.90. The van der Waals surface area contributed by atoms with Gasteiger partial charge < -0.3 is 10.2 Å². The van der Waals surface area contributed by atoms with Gasteiger partial charge in [0.25, 0.3) is 5.56 Å². The van der Waals surface area contributed by atoms with Crippen LogP contribution in [0.4, 0.5) is 11.8 Å². The van der Waals surface area contributed by atoms with Gasteiger partial charge in [-0.2, -0.15) is 0 Å². The van der Waals surface area contributed by atoms with E-state index in [0.717, 1.165) is 57.0 Å². The molecule has 0 amide bonds. The minimum Gasteiger partial charge on any atom is -0.356 e. The number of H-pyrrole nitrogens is 1. The highest BCUT2D eigenvalue weighted by Gasteiger charge is 2.17. The number of aromatic nitrogens is 3. The number of hydrogen-bond acceptors (Lipinski definition) is 6. The molecule has 5 rings (SSSR count). The maximum atomic E-state index is 12.1.